The Morgan fingerprint density at radius 3 is 2.11 bits per heavy atom. The first kappa shape index (κ1) is 26.9. The summed E-state index contributed by atoms with van der Waals surface area (Å²) in [6.45, 7) is 3.19. The number of halogens is 3. The smallest absolute Gasteiger partial charge is 0.491 e. The summed E-state index contributed by atoms with van der Waals surface area (Å²) in [7, 11) is -3.87. The Morgan fingerprint density at radius 1 is 1.00 bits per heavy atom. The number of Topliss-reactive ketones (excluding diaryl/α,β-unsaturated/α-hetero) is 1. The molecule has 192 valence electrons. The Kier molecular flexibility index (Phi) is 8.75. The van der Waals surface area contributed by atoms with Crippen molar-refractivity contribution in [3.8, 4) is 11.5 Å². The van der Waals surface area contributed by atoms with Gasteiger partial charge in [0.15, 0.2) is 5.78 Å². The molecular weight excluding hydrogens is 489 g/mol. The van der Waals surface area contributed by atoms with E-state index in [9.17, 15) is 31.5 Å². The molecule has 1 heterocycles. The Labute approximate surface area is 201 Å². The summed E-state index contributed by atoms with van der Waals surface area (Å²) in [5.41, 5.74) is 0.596. The van der Waals surface area contributed by atoms with Gasteiger partial charge in [-0.05, 0) is 48.5 Å². The second kappa shape index (κ2) is 11.4. The zero-order valence-electron chi connectivity index (χ0n) is 19.1. The van der Waals surface area contributed by atoms with Crippen molar-refractivity contribution in [3.63, 3.8) is 0 Å². The maximum Gasteiger partial charge on any atom is 0.573 e. The number of rotatable bonds is 10. The van der Waals surface area contributed by atoms with Crippen LogP contribution in [0.3, 0.4) is 0 Å². The fraction of sp³-hybridized carbons (Fsp3) is 0.435. The number of ether oxygens (including phenoxy) is 2. The maximum atomic E-state index is 12.8. The molecule has 3 rings (SSSR count). The predicted octanol–water partition coefficient (Wildman–Crippen LogP) is 2.92. The highest BCUT2D eigenvalue weighted by Crippen LogP contribution is 2.25. The minimum Gasteiger partial charge on any atom is -0.491 e. The summed E-state index contributed by atoms with van der Waals surface area (Å²) in [6, 6.07) is 10.8. The summed E-state index contributed by atoms with van der Waals surface area (Å²) >= 11 is 0. The lowest BCUT2D eigenvalue weighted by Crippen LogP contribution is -2.50. The van der Waals surface area contributed by atoms with E-state index in [1.54, 1.807) is 31.2 Å². The van der Waals surface area contributed by atoms with Crippen LogP contribution < -0.4 is 9.47 Å². The molecule has 1 unspecified atom stereocenters. The third-order valence-corrected chi connectivity index (χ3v) is 7.35. The number of β-amino-alcohol motifs (C(OH)–C–C–N with tert-alkyl or cyclic N) is 1. The average Bonchev–Trinajstić information content (AvgIpc) is 2.82. The third kappa shape index (κ3) is 7.66. The van der Waals surface area contributed by atoms with E-state index in [4.69, 9.17) is 4.74 Å². The van der Waals surface area contributed by atoms with Crippen LogP contribution in [0, 0.1) is 0 Å². The second-order valence-corrected chi connectivity index (χ2v) is 9.93. The largest absolute Gasteiger partial charge is 0.573 e. The average molecular weight is 517 g/mol. The monoisotopic (exact) mass is 516 g/mol. The van der Waals surface area contributed by atoms with Crippen LogP contribution in [-0.2, 0) is 10.0 Å². The van der Waals surface area contributed by atoms with Gasteiger partial charge in [0.25, 0.3) is 0 Å². The van der Waals surface area contributed by atoms with E-state index in [1.165, 1.54) is 4.31 Å². The highest BCUT2D eigenvalue weighted by molar-refractivity contribution is 7.89. The molecule has 1 aliphatic rings. The lowest BCUT2D eigenvalue weighted by molar-refractivity contribution is -0.274. The van der Waals surface area contributed by atoms with E-state index in [1.807, 2.05) is 4.90 Å². The van der Waals surface area contributed by atoms with E-state index in [0.29, 0.717) is 30.8 Å². The number of alkyl halides is 3. The molecule has 1 fully saturated rings. The van der Waals surface area contributed by atoms with Gasteiger partial charge in [0.05, 0.1) is 4.90 Å². The number of sulfonamides is 1. The number of aliphatic hydroxyl groups excluding tert-OH is 1. The normalized spacial score (nSPS) is 16.6. The van der Waals surface area contributed by atoms with Crippen molar-refractivity contribution < 1.29 is 41.0 Å². The van der Waals surface area contributed by atoms with Crippen LogP contribution in [-0.4, -0.2) is 80.3 Å². The van der Waals surface area contributed by atoms with Gasteiger partial charge in [-0.2, -0.15) is 4.31 Å². The van der Waals surface area contributed by atoms with E-state index in [2.05, 4.69) is 4.74 Å². The topological polar surface area (TPSA) is 96.4 Å². The maximum absolute atomic E-state index is 12.8. The summed E-state index contributed by atoms with van der Waals surface area (Å²) in [5.74, 6) is 0.0624. The first-order valence-corrected chi connectivity index (χ1v) is 12.4. The summed E-state index contributed by atoms with van der Waals surface area (Å²) in [5, 5.41) is 10.3. The third-order valence-electron chi connectivity index (χ3n) is 5.44. The summed E-state index contributed by atoms with van der Waals surface area (Å²) in [4.78, 5) is 13.4. The van der Waals surface area contributed by atoms with Crippen molar-refractivity contribution in [1.29, 1.82) is 0 Å². The lowest BCUT2D eigenvalue weighted by atomic mass is 10.1. The molecular formula is C23H27F3N2O6S. The van der Waals surface area contributed by atoms with Crippen molar-refractivity contribution in [2.75, 3.05) is 39.3 Å². The Hall–Kier alpha value is -2.67. The summed E-state index contributed by atoms with van der Waals surface area (Å²) < 4.78 is 73.1. The van der Waals surface area contributed by atoms with Crippen molar-refractivity contribution in [3.05, 3.63) is 54.1 Å². The molecule has 0 bridgehead atoms. The highest BCUT2D eigenvalue weighted by atomic mass is 32.2. The van der Waals surface area contributed by atoms with Gasteiger partial charge in [0.2, 0.25) is 10.0 Å². The van der Waals surface area contributed by atoms with Crippen LogP contribution in [0.4, 0.5) is 13.2 Å². The Balaban J connectivity index is 1.46. The quantitative estimate of drug-likeness (QED) is 0.485. The molecule has 0 radical (unpaired) electrons. The van der Waals surface area contributed by atoms with E-state index >= 15 is 0 Å². The molecule has 0 aromatic heterocycles. The van der Waals surface area contributed by atoms with Gasteiger partial charge >= 0.3 is 6.36 Å². The van der Waals surface area contributed by atoms with Crippen LogP contribution in [0.2, 0.25) is 0 Å². The number of ketones is 1. The first-order valence-electron chi connectivity index (χ1n) is 11.0. The molecule has 8 nitrogen and oxygen atoms in total. The number of nitrogens with zero attached hydrogens (tertiary/aromatic N) is 2. The molecule has 0 spiro atoms. The standard InChI is InChI=1S/C23H27F3N2O6S/c1-2-22(30)17-3-5-19(6-4-17)33-16-18(29)15-27-11-13-28(14-12-27)35(31,32)21-9-7-20(8-10-21)34-23(24,25)26/h3-10,18,29H,2,11-16H2,1H3. The molecule has 35 heavy (non-hydrogen) atoms. The van der Waals surface area contributed by atoms with Crippen LogP contribution in [0.5, 0.6) is 11.5 Å². The van der Waals surface area contributed by atoms with Gasteiger partial charge in [-0.25, -0.2) is 8.42 Å². The van der Waals surface area contributed by atoms with Crippen molar-refractivity contribution in [2.45, 2.75) is 30.7 Å². The fourth-order valence-corrected chi connectivity index (χ4v) is 5.02. The SMILES string of the molecule is CCC(=O)c1ccc(OCC(O)CN2CCN(S(=O)(=O)c3ccc(OC(F)(F)F)cc3)CC2)cc1. The lowest BCUT2D eigenvalue weighted by Gasteiger charge is -2.34. The molecule has 1 atom stereocenters. The van der Waals surface area contributed by atoms with Crippen LogP contribution >= 0.6 is 0 Å². The number of carbonyl (C=O) groups is 1. The first-order chi connectivity index (χ1) is 16.5. The number of hydrogen-bond acceptors (Lipinski definition) is 7. The van der Waals surface area contributed by atoms with Crippen LogP contribution in [0.1, 0.15) is 23.7 Å². The van der Waals surface area contributed by atoms with E-state index < -0.39 is 28.2 Å². The molecule has 2 aromatic carbocycles. The molecule has 1 N–H and O–H groups in total. The zero-order valence-corrected chi connectivity index (χ0v) is 19.9. The molecule has 12 heteroatoms. The Bertz CT molecular complexity index is 1080. The van der Waals surface area contributed by atoms with Crippen LogP contribution in [0.25, 0.3) is 0 Å². The van der Waals surface area contributed by atoms with Gasteiger partial charge < -0.3 is 14.6 Å². The number of piperazine rings is 1. The molecule has 1 aliphatic heterocycles. The number of carbonyl (C=O) groups excluding carboxylic acids is 1. The summed E-state index contributed by atoms with van der Waals surface area (Å²) in [6.07, 6.45) is -5.25. The van der Waals surface area contributed by atoms with Crippen LogP contribution in [0.15, 0.2) is 53.4 Å². The molecule has 1 saturated heterocycles. The van der Waals surface area contributed by atoms with Crippen molar-refractivity contribution >= 4 is 15.8 Å². The molecule has 0 aliphatic carbocycles. The number of hydrogen-bond donors (Lipinski definition) is 1. The van der Waals surface area contributed by atoms with Gasteiger partial charge in [0, 0.05) is 44.7 Å². The van der Waals surface area contributed by atoms with Gasteiger partial charge in [0.1, 0.15) is 24.2 Å². The van der Waals surface area contributed by atoms with Crippen molar-refractivity contribution in [2.24, 2.45) is 0 Å². The predicted molar refractivity (Wildman–Crippen MR) is 121 cm³/mol. The second-order valence-electron chi connectivity index (χ2n) is 7.99. The Morgan fingerprint density at radius 2 is 1.57 bits per heavy atom. The van der Waals surface area contributed by atoms with Gasteiger partial charge in [-0.15, -0.1) is 13.2 Å². The minimum atomic E-state index is -4.86. The molecule has 0 saturated carbocycles. The highest BCUT2D eigenvalue weighted by Gasteiger charge is 2.32. The van der Waals surface area contributed by atoms with Gasteiger partial charge in [-0.3, -0.25) is 9.69 Å². The fourth-order valence-electron chi connectivity index (χ4n) is 3.60. The number of aliphatic hydroxyl groups is 1. The minimum absolute atomic E-state index is 0.0326. The van der Waals surface area contributed by atoms with Gasteiger partial charge in [-0.1, -0.05) is 6.92 Å². The van der Waals surface area contributed by atoms with E-state index in [-0.39, 0.29) is 36.9 Å². The van der Waals surface area contributed by atoms with E-state index in [0.717, 1.165) is 24.3 Å². The molecule has 0 amide bonds. The zero-order chi connectivity index (χ0) is 25.6. The molecule has 2 aromatic rings. The number of benzene rings is 2. The van der Waals surface area contributed by atoms with Crippen molar-refractivity contribution in [1.82, 2.24) is 9.21 Å².